The lowest BCUT2D eigenvalue weighted by Crippen LogP contribution is -2.58. The minimum absolute atomic E-state index is 0.0629. The van der Waals surface area contributed by atoms with Gasteiger partial charge in [0.05, 0.1) is 0 Å². The number of rotatable bonds is 2. The Morgan fingerprint density at radius 1 is 1.25 bits per heavy atom. The molecule has 1 N–H and O–H groups in total. The average Bonchev–Trinajstić information content (AvgIpc) is 2.70. The van der Waals surface area contributed by atoms with Crippen LogP contribution in [0.25, 0.3) is 0 Å². The van der Waals surface area contributed by atoms with E-state index in [9.17, 15) is 4.79 Å². The Hall–Kier alpha value is -1.69. The van der Waals surface area contributed by atoms with Crippen LogP contribution < -0.4 is 5.32 Å². The second kappa shape index (κ2) is 5.36. The van der Waals surface area contributed by atoms with Crippen LogP contribution in [0, 0.1) is 0 Å². The number of likely N-dealkylation sites (tertiary alicyclic amines) is 1. The van der Waals surface area contributed by atoms with Crippen molar-refractivity contribution in [2.24, 2.45) is 0 Å². The lowest BCUT2D eigenvalue weighted by Gasteiger charge is -2.42. The molecule has 0 saturated carbocycles. The molecule has 2 atom stereocenters. The van der Waals surface area contributed by atoms with E-state index >= 15 is 0 Å². The number of amides is 2. The van der Waals surface area contributed by atoms with Gasteiger partial charge in [0.15, 0.2) is 0 Å². The Kier molecular flexibility index (Phi) is 3.56. The van der Waals surface area contributed by atoms with Crippen molar-refractivity contribution in [3.63, 3.8) is 0 Å². The first-order valence-electron chi connectivity index (χ1n) is 7.25. The highest BCUT2D eigenvalue weighted by atomic mass is 16.2. The van der Waals surface area contributed by atoms with Crippen molar-refractivity contribution in [2.45, 2.75) is 44.8 Å². The van der Waals surface area contributed by atoms with Crippen molar-refractivity contribution in [3.8, 4) is 0 Å². The summed E-state index contributed by atoms with van der Waals surface area (Å²) in [5.41, 5.74) is 0. The van der Waals surface area contributed by atoms with Gasteiger partial charge in [-0.2, -0.15) is 0 Å². The van der Waals surface area contributed by atoms with Crippen LogP contribution in [0.3, 0.4) is 0 Å². The molecule has 6 heteroatoms. The van der Waals surface area contributed by atoms with Gasteiger partial charge in [-0.25, -0.2) is 14.8 Å². The average molecular weight is 275 g/mol. The number of nitrogens with one attached hydrogen (secondary N) is 1. The number of fused-ring (bicyclic) bond motifs is 2. The number of aromatic nitrogens is 2. The maximum atomic E-state index is 12.4. The molecule has 3 rings (SSSR count). The maximum absolute atomic E-state index is 12.4. The Balaban J connectivity index is 1.68. The summed E-state index contributed by atoms with van der Waals surface area (Å²) in [6.07, 6.45) is 5.45. The molecule has 0 spiro atoms. The summed E-state index contributed by atoms with van der Waals surface area (Å²) in [6, 6.07) is 2.86. The van der Waals surface area contributed by atoms with Gasteiger partial charge >= 0.3 is 6.03 Å². The summed E-state index contributed by atoms with van der Waals surface area (Å²) in [4.78, 5) is 25.0. The molecular weight excluding hydrogens is 254 g/mol. The normalized spacial score (nSPS) is 26.1. The van der Waals surface area contributed by atoms with Gasteiger partial charge in [0.25, 0.3) is 0 Å². The third kappa shape index (κ3) is 2.47. The van der Waals surface area contributed by atoms with E-state index in [4.69, 9.17) is 0 Å². The van der Waals surface area contributed by atoms with Crippen LogP contribution in [0.1, 0.15) is 26.7 Å². The Morgan fingerprint density at radius 2 is 1.85 bits per heavy atom. The van der Waals surface area contributed by atoms with Crippen LogP contribution in [-0.2, 0) is 0 Å². The van der Waals surface area contributed by atoms with Gasteiger partial charge in [0.2, 0.25) is 5.95 Å². The molecule has 2 aliphatic heterocycles. The summed E-state index contributed by atoms with van der Waals surface area (Å²) in [7, 11) is 0. The Morgan fingerprint density at radius 3 is 2.40 bits per heavy atom. The zero-order valence-corrected chi connectivity index (χ0v) is 12.0. The van der Waals surface area contributed by atoms with Gasteiger partial charge in [-0.1, -0.05) is 0 Å². The van der Waals surface area contributed by atoms with E-state index in [-0.39, 0.29) is 6.03 Å². The molecule has 0 radical (unpaired) electrons. The van der Waals surface area contributed by atoms with E-state index in [1.54, 1.807) is 18.5 Å². The highest BCUT2D eigenvalue weighted by Gasteiger charge is 2.43. The standard InChI is InChI=1S/C14H21N5O/c1-10(2)18-8-11-4-5-12(9-18)19(11)14(20)17-13-15-6-3-7-16-13/h3,6-7,10-12H,4-5,8-9H2,1-2H3,(H,15,16,17,20). The van der Waals surface area contributed by atoms with E-state index in [0.29, 0.717) is 24.1 Å². The van der Waals surface area contributed by atoms with E-state index in [0.717, 1.165) is 25.9 Å². The Bertz CT molecular complexity index is 464. The SMILES string of the molecule is CC(C)N1CC2CCC(C1)N2C(=O)Nc1ncccn1. The van der Waals surface area contributed by atoms with Crippen LogP contribution in [0.4, 0.5) is 10.7 Å². The predicted molar refractivity (Wildman–Crippen MR) is 76.4 cm³/mol. The van der Waals surface area contributed by atoms with Gasteiger partial charge < -0.3 is 4.90 Å². The van der Waals surface area contributed by atoms with Crippen molar-refractivity contribution in [3.05, 3.63) is 18.5 Å². The molecule has 2 saturated heterocycles. The predicted octanol–water partition coefficient (Wildman–Crippen LogP) is 1.57. The minimum atomic E-state index is -0.0629. The van der Waals surface area contributed by atoms with E-state index < -0.39 is 0 Å². The number of anilines is 1. The van der Waals surface area contributed by atoms with Gasteiger partial charge in [0, 0.05) is 43.6 Å². The highest BCUT2D eigenvalue weighted by Crippen LogP contribution is 2.31. The van der Waals surface area contributed by atoms with Crippen LogP contribution in [-0.4, -0.2) is 57.0 Å². The topological polar surface area (TPSA) is 61.4 Å². The fourth-order valence-electron chi connectivity index (χ4n) is 3.21. The zero-order valence-electron chi connectivity index (χ0n) is 12.0. The van der Waals surface area contributed by atoms with Crippen LogP contribution in [0.15, 0.2) is 18.5 Å². The second-order valence-electron chi connectivity index (χ2n) is 5.84. The van der Waals surface area contributed by atoms with Gasteiger partial charge in [-0.15, -0.1) is 0 Å². The van der Waals surface area contributed by atoms with Crippen LogP contribution in [0.5, 0.6) is 0 Å². The maximum Gasteiger partial charge on any atom is 0.324 e. The molecule has 3 heterocycles. The lowest BCUT2D eigenvalue weighted by atomic mass is 10.1. The number of urea groups is 1. The van der Waals surface area contributed by atoms with Gasteiger partial charge in [-0.3, -0.25) is 10.2 Å². The molecule has 0 aromatic carbocycles. The fourth-order valence-corrected chi connectivity index (χ4v) is 3.21. The third-order valence-electron chi connectivity index (χ3n) is 4.26. The van der Waals surface area contributed by atoms with Crippen LogP contribution >= 0.6 is 0 Å². The minimum Gasteiger partial charge on any atom is -0.316 e. The number of piperazine rings is 1. The first-order chi connectivity index (χ1) is 9.65. The second-order valence-corrected chi connectivity index (χ2v) is 5.84. The van der Waals surface area contributed by atoms with Crippen molar-refractivity contribution in [2.75, 3.05) is 18.4 Å². The molecule has 6 nitrogen and oxygen atoms in total. The molecule has 1 aromatic rings. The number of hydrogen-bond acceptors (Lipinski definition) is 4. The summed E-state index contributed by atoms with van der Waals surface area (Å²) in [5, 5.41) is 2.80. The monoisotopic (exact) mass is 275 g/mol. The number of hydrogen-bond donors (Lipinski definition) is 1. The first kappa shape index (κ1) is 13.3. The summed E-state index contributed by atoms with van der Waals surface area (Å²) in [5.74, 6) is 0.378. The summed E-state index contributed by atoms with van der Waals surface area (Å²) in [6.45, 7) is 6.37. The lowest BCUT2D eigenvalue weighted by molar-refractivity contribution is 0.0757. The molecule has 2 amide bonds. The van der Waals surface area contributed by atoms with E-state index in [1.807, 2.05) is 4.90 Å². The molecule has 108 valence electrons. The molecule has 2 aliphatic rings. The quantitative estimate of drug-likeness (QED) is 0.890. The Labute approximate surface area is 119 Å². The number of nitrogens with zero attached hydrogens (tertiary/aromatic N) is 4. The van der Waals surface area contributed by atoms with Crippen molar-refractivity contribution < 1.29 is 4.79 Å². The van der Waals surface area contributed by atoms with Gasteiger partial charge in [-0.05, 0) is 32.8 Å². The zero-order chi connectivity index (χ0) is 14.1. The van der Waals surface area contributed by atoms with E-state index in [1.165, 1.54) is 0 Å². The number of carbonyl (C=O) groups excluding carboxylic acids is 1. The molecule has 1 aromatic heterocycles. The molecule has 2 bridgehead atoms. The third-order valence-corrected chi connectivity index (χ3v) is 4.26. The van der Waals surface area contributed by atoms with E-state index in [2.05, 4.69) is 34.0 Å². The molecule has 0 aliphatic carbocycles. The van der Waals surface area contributed by atoms with Crippen molar-refractivity contribution in [1.29, 1.82) is 0 Å². The molecular formula is C14H21N5O. The summed E-state index contributed by atoms with van der Waals surface area (Å²) < 4.78 is 0. The van der Waals surface area contributed by atoms with Crippen molar-refractivity contribution >= 4 is 12.0 Å². The largest absolute Gasteiger partial charge is 0.324 e. The van der Waals surface area contributed by atoms with Gasteiger partial charge in [0.1, 0.15) is 0 Å². The van der Waals surface area contributed by atoms with Crippen LogP contribution in [0.2, 0.25) is 0 Å². The smallest absolute Gasteiger partial charge is 0.316 e. The highest BCUT2D eigenvalue weighted by molar-refractivity contribution is 5.88. The molecule has 2 unspecified atom stereocenters. The first-order valence-corrected chi connectivity index (χ1v) is 7.25. The molecule has 20 heavy (non-hydrogen) atoms. The van der Waals surface area contributed by atoms with Crippen molar-refractivity contribution in [1.82, 2.24) is 19.8 Å². The fraction of sp³-hybridized carbons (Fsp3) is 0.643. The number of carbonyl (C=O) groups is 1. The molecule has 2 fully saturated rings. The summed E-state index contributed by atoms with van der Waals surface area (Å²) >= 11 is 0.